The number of hydrogen-bond acceptors (Lipinski definition) is 6. The number of methoxy groups -OCH3 is 1. The van der Waals surface area contributed by atoms with Gasteiger partial charge in [-0.25, -0.2) is 12.8 Å². The standard InChI is InChI=1S/C11H13FN2O6S/c1-20-10(15)3-2-9(11(16)17)14-21(18,19)8-4-7(12)5-13-6-8/h4-6,9,14H,2-3H2,1H3,(H,16,17). The average Bonchev–Trinajstić information content (AvgIpc) is 2.42. The number of nitrogens with zero attached hydrogens (tertiary/aromatic N) is 1. The minimum Gasteiger partial charge on any atom is -0.480 e. The molecule has 0 aliphatic carbocycles. The molecule has 0 radical (unpaired) electrons. The maximum Gasteiger partial charge on any atom is 0.321 e. The summed E-state index contributed by atoms with van der Waals surface area (Å²) in [6.45, 7) is 0. The van der Waals surface area contributed by atoms with Crippen molar-refractivity contribution >= 4 is 22.0 Å². The average molecular weight is 320 g/mol. The van der Waals surface area contributed by atoms with Crippen LogP contribution in [0, 0.1) is 5.82 Å². The molecule has 0 bridgehead atoms. The van der Waals surface area contributed by atoms with E-state index in [4.69, 9.17) is 5.11 Å². The van der Waals surface area contributed by atoms with Crippen molar-refractivity contribution in [3.63, 3.8) is 0 Å². The van der Waals surface area contributed by atoms with Gasteiger partial charge >= 0.3 is 11.9 Å². The van der Waals surface area contributed by atoms with Gasteiger partial charge in [-0.05, 0) is 12.5 Å². The quantitative estimate of drug-likeness (QED) is 0.673. The monoisotopic (exact) mass is 320 g/mol. The normalized spacial score (nSPS) is 12.7. The van der Waals surface area contributed by atoms with Crippen LogP contribution in [-0.2, 0) is 24.3 Å². The predicted molar refractivity (Wildman–Crippen MR) is 67.2 cm³/mol. The molecule has 1 aromatic rings. The minimum atomic E-state index is -4.27. The molecule has 0 saturated heterocycles. The third-order valence-corrected chi connectivity index (χ3v) is 3.89. The van der Waals surface area contributed by atoms with Crippen LogP contribution >= 0.6 is 0 Å². The Morgan fingerprint density at radius 2 is 2.14 bits per heavy atom. The van der Waals surface area contributed by atoms with Crippen LogP contribution in [0.5, 0.6) is 0 Å². The molecule has 1 atom stereocenters. The number of carboxylic acids is 1. The smallest absolute Gasteiger partial charge is 0.321 e. The van der Waals surface area contributed by atoms with Gasteiger partial charge < -0.3 is 9.84 Å². The zero-order valence-corrected chi connectivity index (χ0v) is 11.8. The van der Waals surface area contributed by atoms with E-state index in [2.05, 4.69) is 9.72 Å². The fraction of sp³-hybridized carbons (Fsp3) is 0.364. The van der Waals surface area contributed by atoms with E-state index in [9.17, 15) is 22.4 Å². The highest BCUT2D eigenvalue weighted by molar-refractivity contribution is 7.89. The molecule has 1 aromatic heterocycles. The molecule has 0 amide bonds. The van der Waals surface area contributed by atoms with E-state index in [1.807, 2.05) is 4.72 Å². The lowest BCUT2D eigenvalue weighted by atomic mass is 10.2. The molecule has 8 nitrogen and oxygen atoms in total. The first kappa shape index (κ1) is 17.0. The number of carboxylic acid groups (broad SMARTS) is 1. The fourth-order valence-electron chi connectivity index (χ4n) is 1.39. The maximum atomic E-state index is 13.0. The van der Waals surface area contributed by atoms with Crippen LogP contribution in [0.2, 0.25) is 0 Å². The van der Waals surface area contributed by atoms with Crippen molar-refractivity contribution < 1.29 is 32.2 Å². The summed E-state index contributed by atoms with van der Waals surface area (Å²) in [5, 5.41) is 8.95. The van der Waals surface area contributed by atoms with Crippen LogP contribution in [0.3, 0.4) is 0 Å². The van der Waals surface area contributed by atoms with Gasteiger partial charge in [-0.15, -0.1) is 0 Å². The maximum absolute atomic E-state index is 13.0. The second kappa shape index (κ2) is 7.09. The first-order valence-corrected chi connectivity index (χ1v) is 7.17. The van der Waals surface area contributed by atoms with Gasteiger partial charge in [0.05, 0.1) is 13.3 Å². The number of hydrogen-bond donors (Lipinski definition) is 2. The number of aliphatic carboxylic acids is 1. The van der Waals surface area contributed by atoms with Gasteiger partial charge in [0.25, 0.3) is 0 Å². The summed E-state index contributed by atoms with van der Waals surface area (Å²) < 4.78 is 43.0. The minimum absolute atomic E-state index is 0.280. The molecule has 1 heterocycles. The number of ether oxygens (including phenoxy) is 1. The zero-order valence-electron chi connectivity index (χ0n) is 10.9. The van der Waals surface area contributed by atoms with Crippen LogP contribution in [-0.4, -0.2) is 43.6 Å². The van der Waals surface area contributed by atoms with E-state index in [1.165, 1.54) is 0 Å². The Morgan fingerprint density at radius 1 is 1.48 bits per heavy atom. The molecule has 0 aromatic carbocycles. The third kappa shape index (κ3) is 5.08. The van der Waals surface area contributed by atoms with Gasteiger partial charge in [0, 0.05) is 12.6 Å². The molecule has 0 spiro atoms. The Balaban J connectivity index is 2.87. The SMILES string of the molecule is COC(=O)CCC(NS(=O)(=O)c1cncc(F)c1)C(=O)O. The van der Waals surface area contributed by atoms with Gasteiger partial charge in [-0.1, -0.05) is 0 Å². The van der Waals surface area contributed by atoms with Crippen molar-refractivity contribution in [3.8, 4) is 0 Å². The van der Waals surface area contributed by atoms with Crippen LogP contribution in [0.1, 0.15) is 12.8 Å². The molecule has 116 valence electrons. The number of carbonyl (C=O) groups excluding carboxylic acids is 1. The Morgan fingerprint density at radius 3 is 2.67 bits per heavy atom. The molecule has 1 unspecified atom stereocenters. The topological polar surface area (TPSA) is 123 Å². The summed E-state index contributed by atoms with van der Waals surface area (Å²) in [6.07, 6.45) is 1.11. The molecule has 2 N–H and O–H groups in total. The highest BCUT2D eigenvalue weighted by atomic mass is 32.2. The molecule has 0 saturated carbocycles. The highest BCUT2D eigenvalue weighted by Crippen LogP contribution is 2.11. The van der Waals surface area contributed by atoms with Gasteiger partial charge in [0.2, 0.25) is 10.0 Å². The van der Waals surface area contributed by atoms with E-state index in [0.29, 0.717) is 6.07 Å². The lowest BCUT2D eigenvalue weighted by Crippen LogP contribution is -2.41. The lowest BCUT2D eigenvalue weighted by molar-refractivity contribution is -0.142. The largest absolute Gasteiger partial charge is 0.480 e. The Kier molecular flexibility index (Phi) is 5.73. The Bertz CT molecular complexity index is 633. The van der Waals surface area contributed by atoms with Crippen LogP contribution in [0.4, 0.5) is 4.39 Å². The van der Waals surface area contributed by atoms with Crippen molar-refractivity contribution in [1.29, 1.82) is 0 Å². The van der Waals surface area contributed by atoms with Gasteiger partial charge in [-0.3, -0.25) is 14.6 Å². The lowest BCUT2D eigenvalue weighted by Gasteiger charge is -2.14. The number of esters is 1. The van der Waals surface area contributed by atoms with E-state index in [0.717, 1.165) is 19.5 Å². The van der Waals surface area contributed by atoms with Gasteiger partial charge in [0.1, 0.15) is 16.8 Å². The first-order valence-electron chi connectivity index (χ1n) is 5.69. The van der Waals surface area contributed by atoms with E-state index >= 15 is 0 Å². The number of halogens is 1. The second-order valence-corrected chi connectivity index (χ2v) is 5.68. The molecular weight excluding hydrogens is 307 g/mol. The molecule has 1 rings (SSSR count). The predicted octanol–water partition coefficient (Wildman–Crippen LogP) is -0.0946. The van der Waals surface area contributed by atoms with Crippen molar-refractivity contribution in [2.45, 2.75) is 23.8 Å². The highest BCUT2D eigenvalue weighted by Gasteiger charge is 2.26. The zero-order chi connectivity index (χ0) is 16.0. The second-order valence-electron chi connectivity index (χ2n) is 3.97. The van der Waals surface area contributed by atoms with E-state index in [-0.39, 0.29) is 12.8 Å². The number of rotatable bonds is 7. The van der Waals surface area contributed by atoms with Crippen LogP contribution < -0.4 is 4.72 Å². The van der Waals surface area contributed by atoms with Gasteiger partial charge in [0.15, 0.2) is 0 Å². The summed E-state index contributed by atoms with van der Waals surface area (Å²) in [4.78, 5) is 24.8. The summed E-state index contributed by atoms with van der Waals surface area (Å²) in [5.74, 6) is -3.01. The number of pyridine rings is 1. The molecule has 10 heteroatoms. The number of sulfonamides is 1. The molecule has 0 fully saturated rings. The fourth-order valence-corrected chi connectivity index (χ4v) is 2.59. The summed E-state index contributed by atoms with van der Waals surface area (Å²) >= 11 is 0. The first-order chi connectivity index (χ1) is 9.76. The molecule has 0 aliphatic heterocycles. The Hall–Kier alpha value is -2.07. The van der Waals surface area contributed by atoms with Crippen molar-refractivity contribution in [3.05, 3.63) is 24.3 Å². The van der Waals surface area contributed by atoms with E-state index in [1.54, 1.807) is 0 Å². The summed E-state index contributed by atoms with van der Waals surface area (Å²) in [5.41, 5.74) is 0. The van der Waals surface area contributed by atoms with Gasteiger partial charge in [-0.2, -0.15) is 4.72 Å². The molecule has 0 aliphatic rings. The summed E-state index contributed by atoms with van der Waals surface area (Å²) in [7, 11) is -3.14. The van der Waals surface area contributed by atoms with Crippen molar-refractivity contribution in [2.75, 3.05) is 7.11 Å². The van der Waals surface area contributed by atoms with Crippen molar-refractivity contribution in [2.24, 2.45) is 0 Å². The third-order valence-electron chi connectivity index (χ3n) is 2.45. The Labute approximate surface area is 120 Å². The van der Waals surface area contributed by atoms with E-state index < -0.39 is 38.7 Å². The molecule has 21 heavy (non-hydrogen) atoms. The molecular formula is C11H13FN2O6S. The van der Waals surface area contributed by atoms with Crippen LogP contribution in [0.25, 0.3) is 0 Å². The number of carbonyl (C=O) groups is 2. The summed E-state index contributed by atoms with van der Waals surface area (Å²) in [6, 6.07) is -0.841. The number of nitrogens with one attached hydrogen (secondary N) is 1. The number of aromatic nitrogens is 1. The van der Waals surface area contributed by atoms with Crippen LogP contribution in [0.15, 0.2) is 23.4 Å². The van der Waals surface area contributed by atoms with Crippen molar-refractivity contribution in [1.82, 2.24) is 9.71 Å².